The minimum absolute atomic E-state index is 0.0725. The maximum Gasteiger partial charge on any atom is 0.306 e. The van der Waals surface area contributed by atoms with Gasteiger partial charge in [0, 0.05) is 19.3 Å². The Bertz CT molecular complexity index is 1390. The predicted octanol–water partition coefficient (Wildman–Crippen LogP) is 23.5. The Kier molecular flexibility index (Phi) is 64.2. The molecule has 0 radical (unpaired) electrons. The Morgan fingerprint density at radius 3 is 0.782 bits per heavy atom. The summed E-state index contributed by atoms with van der Waals surface area (Å²) in [4.78, 5) is 38.4. The van der Waals surface area contributed by atoms with Crippen LogP contribution < -0.4 is 0 Å². The van der Waals surface area contributed by atoms with E-state index in [9.17, 15) is 14.4 Å². The van der Waals surface area contributed by atoms with E-state index in [0.717, 1.165) is 96.3 Å². The lowest BCUT2D eigenvalue weighted by molar-refractivity contribution is -0.167. The number of carbonyl (C=O) groups is 3. The lowest BCUT2D eigenvalue weighted by Crippen LogP contribution is -2.30. The van der Waals surface area contributed by atoms with Crippen LogP contribution in [0.4, 0.5) is 0 Å². The molecule has 0 heterocycles. The maximum atomic E-state index is 12.9. The van der Waals surface area contributed by atoms with Gasteiger partial charge in [0.05, 0.1) is 0 Å². The second-order valence-corrected chi connectivity index (χ2v) is 23.1. The third kappa shape index (κ3) is 63.9. The normalized spacial score (nSPS) is 12.4. The molecular weight excluding hydrogens is 961 g/mol. The fraction of sp³-hybridized carbons (Fsp3) is 0.819. The summed E-state index contributed by atoms with van der Waals surface area (Å²) in [6, 6.07) is 0. The quantitative estimate of drug-likeness (QED) is 0.0261. The van der Waals surface area contributed by atoms with Gasteiger partial charge in [0.2, 0.25) is 0 Å². The van der Waals surface area contributed by atoms with E-state index in [0.29, 0.717) is 19.3 Å². The summed E-state index contributed by atoms with van der Waals surface area (Å²) in [7, 11) is 0. The number of carbonyl (C=O) groups excluding carboxylic acids is 3. The highest BCUT2D eigenvalue weighted by atomic mass is 16.6. The first-order valence-corrected chi connectivity index (χ1v) is 34.3. The van der Waals surface area contributed by atoms with Crippen LogP contribution in [0.25, 0.3) is 0 Å². The highest BCUT2D eigenvalue weighted by Crippen LogP contribution is 2.18. The minimum atomic E-state index is -0.777. The third-order valence-electron chi connectivity index (χ3n) is 15.3. The molecule has 78 heavy (non-hydrogen) atoms. The van der Waals surface area contributed by atoms with Crippen LogP contribution in [0, 0.1) is 0 Å². The molecule has 1 atom stereocenters. The Balaban J connectivity index is 4.31. The number of allylic oxidation sites excluding steroid dienone is 10. The summed E-state index contributed by atoms with van der Waals surface area (Å²) in [5.74, 6) is -0.859. The molecule has 0 bridgehead atoms. The van der Waals surface area contributed by atoms with Gasteiger partial charge in [-0.15, -0.1) is 0 Å². The molecule has 0 aromatic heterocycles. The molecule has 6 nitrogen and oxygen atoms in total. The second kappa shape index (κ2) is 66.6. The van der Waals surface area contributed by atoms with Gasteiger partial charge < -0.3 is 14.2 Å². The van der Waals surface area contributed by atoms with Crippen LogP contribution in [-0.2, 0) is 28.6 Å². The van der Waals surface area contributed by atoms with Crippen LogP contribution in [0.2, 0.25) is 0 Å². The molecule has 0 spiro atoms. The van der Waals surface area contributed by atoms with Crippen molar-refractivity contribution in [1.29, 1.82) is 0 Å². The van der Waals surface area contributed by atoms with E-state index in [1.54, 1.807) is 0 Å². The SMILES string of the molecule is CC/C=C\C/C=C\C/C=C\C/C=C\C/C=C\CCCCCCCCCC(=O)OCC(COC(=O)CCCCCCCCCCCCCCCC)OC(=O)CCCCCCCCCCCCCCCCCCCCCCCCC. The summed E-state index contributed by atoms with van der Waals surface area (Å²) in [5, 5.41) is 0. The lowest BCUT2D eigenvalue weighted by Gasteiger charge is -2.18. The molecule has 0 aliphatic rings. The highest BCUT2D eigenvalue weighted by Gasteiger charge is 2.19. The van der Waals surface area contributed by atoms with Gasteiger partial charge in [-0.25, -0.2) is 0 Å². The molecule has 0 amide bonds. The van der Waals surface area contributed by atoms with Gasteiger partial charge in [-0.3, -0.25) is 14.4 Å². The number of ether oxygens (including phenoxy) is 3. The zero-order chi connectivity index (χ0) is 56.4. The smallest absolute Gasteiger partial charge is 0.306 e. The molecular formula is C72H130O6. The van der Waals surface area contributed by atoms with E-state index in [1.165, 1.54) is 225 Å². The number of rotatable bonds is 63. The van der Waals surface area contributed by atoms with E-state index < -0.39 is 6.10 Å². The third-order valence-corrected chi connectivity index (χ3v) is 15.3. The number of hydrogen-bond donors (Lipinski definition) is 0. The Morgan fingerprint density at radius 2 is 0.500 bits per heavy atom. The van der Waals surface area contributed by atoms with Crippen molar-refractivity contribution in [2.75, 3.05) is 13.2 Å². The van der Waals surface area contributed by atoms with Gasteiger partial charge in [0.1, 0.15) is 13.2 Å². The molecule has 6 heteroatoms. The van der Waals surface area contributed by atoms with E-state index in [1.807, 2.05) is 0 Å². The fourth-order valence-electron chi connectivity index (χ4n) is 10.2. The second-order valence-electron chi connectivity index (χ2n) is 23.1. The van der Waals surface area contributed by atoms with Crippen LogP contribution in [0.3, 0.4) is 0 Å². The van der Waals surface area contributed by atoms with Gasteiger partial charge in [0.25, 0.3) is 0 Å². The lowest BCUT2D eigenvalue weighted by atomic mass is 10.0. The summed E-state index contributed by atoms with van der Waals surface area (Å²) < 4.78 is 17.0. The van der Waals surface area contributed by atoms with Gasteiger partial charge in [-0.05, 0) is 64.2 Å². The number of esters is 3. The average molecular weight is 1090 g/mol. The van der Waals surface area contributed by atoms with Crippen molar-refractivity contribution in [2.45, 2.75) is 367 Å². The van der Waals surface area contributed by atoms with Gasteiger partial charge >= 0.3 is 17.9 Å². The summed E-state index contributed by atoms with van der Waals surface area (Å²) in [6.45, 7) is 6.58. The van der Waals surface area contributed by atoms with E-state index in [4.69, 9.17) is 14.2 Å². The molecule has 0 saturated carbocycles. The topological polar surface area (TPSA) is 78.9 Å². The Hall–Kier alpha value is -2.89. The van der Waals surface area contributed by atoms with Crippen LogP contribution in [0.15, 0.2) is 60.8 Å². The van der Waals surface area contributed by atoms with Gasteiger partial charge in [0.15, 0.2) is 6.10 Å². The van der Waals surface area contributed by atoms with Crippen LogP contribution >= 0.6 is 0 Å². The Labute approximate surface area is 485 Å². The molecule has 0 fully saturated rings. The van der Waals surface area contributed by atoms with Crippen LogP contribution in [0.1, 0.15) is 361 Å². The van der Waals surface area contributed by atoms with Crippen molar-refractivity contribution in [3.8, 4) is 0 Å². The van der Waals surface area contributed by atoms with Crippen LogP contribution in [-0.4, -0.2) is 37.2 Å². The minimum Gasteiger partial charge on any atom is -0.462 e. The highest BCUT2D eigenvalue weighted by molar-refractivity contribution is 5.71. The number of unbranched alkanes of at least 4 members (excludes halogenated alkanes) is 42. The van der Waals surface area contributed by atoms with E-state index in [-0.39, 0.29) is 31.1 Å². The first-order chi connectivity index (χ1) is 38.5. The molecule has 0 aromatic carbocycles. The first kappa shape index (κ1) is 75.1. The fourth-order valence-corrected chi connectivity index (χ4v) is 10.2. The van der Waals surface area contributed by atoms with Crippen molar-refractivity contribution >= 4 is 17.9 Å². The van der Waals surface area contributed by atoms with Crippen molar-refractivity contribution in [2.24, 2.45) is 0 Å². The van der Waals surface area contributed by atoms with Crippen molar-refractivity contribution in [3.05, 3.63) is 60.8 Å². The van der Waals surface area contributed by atoms with Crippen molar-refractivity contribution < 1.29 is 28.6 Å². The monoisotopic (exact) mass is 1090 g/mol. The zero-order valence-electron chi connectivity index (χ0n) is 52.2. The van der Waals surface area contributed by atoms with E-state index in [2.05, 4.69) is 81.5 Å². The molecule has 0 N–H and O–H groups in total. The standard InChI is InChI=1S/C72H130O6/c1-4-7-10-13-16-19-22-25-28-30-32-34-36-38-40-42-44-47-50-53-56-59-62-65-71(74)77-68-69(67-76-70(73)64-61-58-55-52-49-46-27-24-21-18-15-12-9-6-3)78-72(75)66-63-60-57-54-51-48-45-43-41-39-37-35-33-31-29-26-23-20-17-14-11-8-5-2/h7,10,16,19,25,28,32,34,38,40,69H,4-6,8-9,11-15,17-18,20-24,26-27,29-31,33,35-37,39,41-68H2,1-3H3/b10-7-,19-16-,28-25-,34-32-,40-38-. The van der Waals surface area contributed by atoms with Gasteiger partial charge in [-0.1, -0.05) is 338 Å². The first-order valence-electron chi connectivity index (χ1n) is 34.3. The Morgan fingerprint density at radius 1 is 0.269 bits per heavy atom. The molecule has 0 saturated heterocycles. The average Bonchev–Trinajstić information content (AvgIpc) is 3.44. The predicted molar refractivity (Wildman–Crippen MR) is 339 cm³/mol. The maximum absolute atomic E-state index is 12.9. The summed E-state index contributed by atoms with van der Waals surface area (Å²) in [5.41, 5.74) is 0. The number of hydrogen-bond acceptors (Lipinski definition) is 6. The van der Waals surface area contributed by atoms with Crippen molar-refractivity contribution in [1.82, 2.24) is 0 Å². The van der Waals surface area contributed by atoms with Crippen molar-refractivity contribution in [3.63, 3.8) is 0 Å². The summed E-state index contributed by atoms with van der Waals surface area (Å²) in [6.07, 6.45) is 85.2. The summed E-state index contributed by atoms with van der Waals surface area (Å²) >= 11 is 0. The molecule has 0 aromatic rings. The van der Waals surface area contributed by atoms with Crippen LogP contribution in [0.5, 0.6) is 0 Å². The molecule has 0 aliphatic heterocycles. The molecule has 0 aliphatic carbocycles. The molecule has 454 valence electrons. The zero-order valence-corrected chi connectivity index (χ0v) is 52.2. The van der Waals surface area contributed by atoms with E-state index >= 15 is 0 Å². The molecule has 0 rings (SSSR count). The largest absolute Gasteiger partial charge is 0.462 e. The van der Waals surface area contributed by atoms with Gasteiger partial charge in [-0.2, -0.15) is 0 Å². The molecule has 1 unspecified atom stereocenters.